The smallest absolute Gasteiger partial charge is 0.410 e. The van der Waals surface area contributed by atoms with Crippen LogP contribution in [0.25, 0.3) is 0 Å². The quantitative estimate of drug-likeness (QED) is 0.787. The van der Waals surface area contributed by atoms with Gasteiger partial charge in [0.15, 0.2) is 0 Å². The Morgan fingerprint density at radius 1 is 1.33 bits per heavy atom. The Labute approximate surface area is 144 Å². The van der Waals surface area contributed by atoms with E-state index in [0.29, 0.717) is 19.0 Å². The maximum absolute atomic E-state index is 12.2. The Kier molecular flexibility index (Phi) is 4.56. The monoisotopic (exact) mass is 332 g/mol. The van der Waals surface area contributed by atoms with Crippen LogP contribution in [0, 0.1) is 6.92 Å². The molecule has 3 heterocycles. The van der Waals surface area contributed by atoms with Crippen LogP contribution in [0.2, 0.25) is 0 Å². The number of amides is 1. The highest BCUT2D eigenvalue weighted by molar-refractivity contribution is 5.68. The van der Waals surface area contributed by atoms with Crippen molar-refractivity contribution in [2.75, 3.05) is 19.7 Å². The van der Waals surface area contributed by atoms with Gasteiger partial charge >= 0.3 is 6.09 Å². The Bertz CT molecular complexity index is 601. The van der Waals surface area contributed by atoms with Gasteiger partial charge in [0.05, 0.1) is 12.2 Å². The van der Waals surface area contributed by atoms with Crippen molar-refractivity contribution in [2.24, 2.45) is 0 Å². The summed E-state index contributed by atoms with van der Waals surface area (Å²) < 4.78 is 11.7. The molecule has 0 N–H and O–H groups in total. The van der Waals surface area contributed by atoms with E-state index in [1.165, 1.54) is 0 Å². The van der Waals surface area contributed by atoms with Gasteiger partial charge in [-0.25, -0.2) is 4.79 Å². The van der Waals surface area contributed by atoms with Crippen LogP contribution in [0.1, 0.15) is 57.3 Å². The molecule has 1 spiro atoms. The second-order valence-electron chi connectivity index (χ2n) is 8.07. The van der Waals surface area contributed by atoms with Crippen LogP contribution in [-0.2, 0) is 9.47 Å². The summed E-state index contributed by atoms with van der Waals surface area (Å²) >= 11 is 0. The molecule has 1 atom stereocenters. The van der Waals surface area contributed by atoms with Gasteiger partial charge in [-0.15, -0.1) is 0 Å². The van der Waals surface area contributed by atoms with Gasteiger partial charge in [0.2, 0.25) is 0 Å². The molecular formula is C19H28N2O3. The number of hydrogen-bond donors (Lipinski definition) is 0. The predicted octanol–water partition coefficient (Wildman–Crippen LogP) is 3.66. The van der Waals surface area contributed by atoms with Crippen LogP contribution in [-0.4, -0.2) is 46.9 Å². The summed E-state index contributed by atoms with van der Waals surface area (Å²) in [7, 11) is 0. The summed E-state index contributed by atoms with van der Waals surface area (Å²) in [6, 6.07) is 6.18. The zero-order chi connectivity index (χ0) is 17.4. The molecular weight excluding hydrogens is 304 g/mol. The molecule has 24 heavy (non-hydrogen) atoms. The van der Waals surface area contributed by atoms with Crippen LogP contribution in [0.15, 0.2) is 18.2 Å². The molecule has 132 valence electrons. The molecule has 0 aromatic carbocycles. The molecule has 2 fully saturated rings. The van der Waals surface area contributed by atoms with E-state index in [-0.39, 0.29) is 11.7 Å². The van der Waals surface area contributed by atoms with Gasteiger partial charge in [0, 0.05) is 30.4 Å². The molecule has 5 nitrogen and oxygen atoms in total. The number of likely N-dealkylation sites (tertiary alicyclic amines) is 1. The number of piperidine rings is 1. The summed E-state index contributed by atoms with van der Waals surface area (Å²) in [5.41, 5.74) is 1.63. The van der Waals surface area contributed by atoms with Gasteiger partial charge in [0.25, 0.3) is 0 Å². The number of ether oxygens (including phenoxy) is 2. The first kappa shape index (κ1) is 17.2. The number of rotatable bonds is 1. The first-order chi connectivity index (χ1) is 11.3. The largest absolute Gasteiger partial charge is 0.444 e. The fraction of sp³-hybridized carbons (Fsp3) is 0.684. The number of hydrogen-bond acceptors (Lipinski definition) is 4. The number of carbonyl (C=O) groups excluding carboxylic acids is 1. The Balaban J connectivity index is 1.58. The molecule has 0 aliphatic carbocycles. The third-order valence-electron chi connectivity index (χ3n) is 4.86. The number of carbonyl (C=O) groups is 1. The maximum atomic E-state index is 12.2. The van der Waals surface area contributed by atoms with Crippen LogP contribution in [0.5, 0.6) is 0 Å². The molecule has 2 aliphatic heterocycles. The topological polar surface area (TPSA) is 51.7 Å². The summed E-state index contributed by atoms with van der Waals surface area (Å²) in [6.45, 7) is 9.84. The second-order valence-corrected chi connectivity index (χ2v) is 8.07. The van der Waals surface area contributed by atoms with Crippen LogP contribution in [0.3, 0.4) is 0 Å². The summed E-state index contributed by atoms with van der Waals surface area (Å²) in [6.07, 6.45) is 2.52. The van der Waals surface area contributed by atoms with Crippen LogP contribution in [0.4, 0.5) is 4.79 Å². The molecule has 0 radical (unpaired) electrons. The van der Waals surface area contributed by atoms with E-state index >= 15 is 0 Å². The fourth-order valence-electron chi connectivity index (χ4n) is 3.60. The van der Waals surface area contributed by atoms with Crippen molar-refractivity contribution in [3.05, 3.63) is 29.6 Å². The average molecular weight is 332 g/mol. The summed E-state index contributed by atoms with van der Waals surface area (Å²) in [5, 5.41) is 0. The predicted molar refractivity (Wildman–Crippen MR) is 92.1 cm³/mol. The third-order valence-corrected chi connectivity index (χ3v) is 4.86. The minimum atomic E-state index is -0.446. The van der Waals surface area contributed by atoms with Gasteiger partial charge in [-0.1, -0.05) is 6.07 Å². The molecule has 3 rings (SSSR count). The Hall–Kier alpha value is -1.62. The highest BCUT2D eigenvalue weighted by Gasteiger charge is 2.44. The van der Waals surface area contributed by atoms with E-state index in [1.807, 2.05) is 33.8 Å². The molecule has 1 aromatic heterocycles. The van der Waals surface area contributed by atoms with E-state index in [4.69, 9.17) is 9.47 Å². The van der Waals surface area contributed by atoms with Crippen molar-refractivity contribution in [3.63, 3.8) is 0 Å². The van der Waals surface area contributed by atoms with E-state index in [1.54, 1.807) is 4.90 Å². The van der Waals surface area contributed by atoms with Crippen LogP contribution >= 0.6 is 0 Å². The lowest BCUT2D eigenvalue weighted by Gasteiger charge is -2.39. The number of nitrogens with zero attached hydrogens (tertiary/aromatic N) is 2. The van der Waals surface area contributed by atoms with Crippen molar-refractivity contribution in [3.8, 4) is 0 Å². The minimum absolute atomic E-state index is 0.103. The van der Waals surface area contributed by atoms with Gasteiger partial charge in [-0.05, 0) is 59.1 Å². The number of aromatic nitrogens is 1. The van der Waals surface area contributed by atoms with Gasteiger partial charge < -0.3 is 14.4 Å². The third kappa shape index (κ3) is 3.89. The van der Waals surface area contributed by atoms with E-state index in [9.17, 15) is 4.79 Å². The molecule has 5 heteroatoms. The van der Waals surface area contributed by atoms with Gasteiger partial charge in [-0.3, -0.25) is 4.98 Å². The maximum Gasteiger partial charge on any atom is 0.410 e. The van der Waals surface area contributed by atoms with Crippen molar-refractivity contribution in [1.82, 2.24) is 9.88 Å². The normalized spacial score (nSPS) is 23.5. The molecule has 1 aromatic rings. The Morgan fingerprint density at radius 2 is 2.04 bits per heavy atom. The van der Waals surface area contributed by atoms with Gasteiger partial charge in [0.1, 0.15) is 5.60 Å². The van der Waals surface area contributed by atoms with Gasteiger partial charge in [-0.2, -0.15) is 0 Å². The van der Waals surface area contributed by atoms with Crippen LogP contribution < -0.4 is 0 Å². The first-order valence-electron chi connectivity index (χ1n) is 8.82. The lowest BCUT2D eigenvalue weighted by Crippen LogP contribution is -2.47. The molecule has 2 aliphatic rings. The lowest BCUT2D eigenvalue weighted by atomic mass is 9.84. The number of aryl methyl sites for hydroxylation is 1. The van der Waals surface area contributed by atoms with Crippen molar-refractivity contribution >= 4 is 6.09 Å². The second kappa shape index (κ2) is 6.36. The molecule has 1 unspecified atom stereocenters. The lowest BCUT2D eigenvalue weighted by molar-refractivity contribution is -0.0485. The van der Waals surface area contributed by atoms with E-state index in [2.05, 4.69) is 17.1 Å². The molecule has 0 saturated carbocycles. The highest BCUT2D eigenvalue weighted by Crippen LogP contribution is 2.42. The van der Waals surface area contributed by atoms with E-state index < -0.39 is 5.60 Å². The fourth-order valence-corrected chi connectivity index (χ4v) is 3.60. The zero-order valence-electron chi connectivity index (χ0n) is 15.2. The SMILES string of the molecule is Cc1cccc(C2COC3(CCN(C(=O)OC(C)(C)C)CC3)C2)n1. The number of pyridine rings is 1. The van der Waals surface area contributed by atoms with E-state index in [0.717, 1.165) is 37.3 Å². The molecule has 1 amide bonds. The van der Waals surface area contributed by atoms with Crippen molar-refractivity contribution in [2.45, 2.75) is 64.1 Å². The minimum Gasteiger partial charge on any atom is -0.444 e. The summed E-state index contributed by atoms with van der Waals surface area (Å²) in [4.78, 5) is 18.6. The summed E-state index contributed by atoms with van der Waals surface area (Å²) in [5.74, 6) is 0.359. The standard InChI is InChI=1S/C19H28N2O3/c1-14-6-5-7-16(20-14)15-12-19(23-13-15)8-10-21(11-9-19)17(22)24-18(2,3)4/h5-7,15H,8-13H2,1-4H3. The highest BCUT2D eigenvalue weighted by atomic mass is 16.6. The van der Waals surface area contributed by atoms with Crippen molar-refractivity contribution < 1.29 is 14.3 Å². The van der Waals surface area contributed by atoms with Crippen molar-refractivity contribution in [1.29, 1.82) is 0 Å². The average Bonchev–Trinajstić information content (AvgIpc) is 2.90. The Morgan fingerprint density at radius 3 is 2.67 bits per heavy atom. The molecule has 0 bridgehead atoms. The first-order valence-corrected chi connectivity index (χ1v) is 8.82. The molecule has 2 saturated heterocycles. The zero-order valence-corrected chi connectivity index (χ0v) is 15.2.